The summed E-state index contributed by atoms with van der Waals surface area (Å²) in [6.45, 7) is 7.53. The molecule has 1 saturated carbocycles. The van der Waals surface area contributed by atoms with E-state index < -0.39 is 0 Å². The van der Waals surface area contributed by atoms with Crippen molar-refractivity contribution < 1.29 is 4.74 Å². The van der Waals surface area contributed by atoms with Gasteiger partial charge in [0.25, 0.3) is 0 Å². The number of rotatable bonds is 5. The van der Waals surface area contributed by atoms with Crippen LogP contribution in [-0.2, 0) is 6.54 Å². The molecule has 0 atom stereocenters. The lowest BCUT2D eigenvalue weighted by molar-refractivity contribution is 0.407. The van der Waals surface area contributed by atoms with Crippen LogP contribution in [0, 0.1) is 13.8 Å². The molecular formula is C15H24N4O. The summed E-state index contributed by atoms with van der Waals surface area (Å²) < 4.78 is 5.43. The topological polar surface area (TPSA) is 58.5 Å². The highest BCUT2D eigenvalue weighted by Crippen LogP contribution is 2.24. The Hall–Kier alpha value is -1.78. The summed E-state index contributed by atoms with van der Waals surface area (Å²) in [7, 11) is 1.70. The normalized spacial score (nSPS) is 15.1. The second-order valence-corrected chi connectivity index (χ2v) is 5.16. The van der Waals surface area contributed by atoms with Crippen LogP contribution >= 0.6 is 0 Å². The van der Waals surface area contributed by atoms with Gasteiger partial charge in [0.15, 0.2) is 5.96 Å². The molecule has 110 valence electrons. The summed E-state index contributed by atoms with van der Waals surface area (Å²) in [5.74, 6) is 1.78. The zero-order chi connectivity index (χ0) is 14.5. The van der Waals surface area contributed by atoms with Crippen molar-refractivity contribution in [3.63, 3.8) is 0 Å². The minimum atomic E-state index is 0.560. The summed E-state index contributed by atoms with van der Waals surface area (Å²) in [5, 5.41) is 6.66. The van der Waals surface area contributed by atoms with Crippen LogP contribution in [0.15, 0.2) is 11.2 Å². The molecule has 0 saturated heterocycles. The molecule has 0 amide bonds. The molecule has 2 rings (SSSR count). The van der Waals surface area contributed by atoms with Crippen LogP contribution in [0.1, 0.15) is 36.6 Å². The molecule has 1 fully saturated rings. The van der Waals surface area contributed by atoms with Crippen LogP contribution in [-0.4, -0.2) is 30.6 Å². The Morgan fingerprint density at radius 1 is 1.45 bits per heavy atom. The summed E-state index contributed by atoms with van der Waals surface area (Å²) in [5.41, 5.74) is 3.08. The summed E-state index contributed by atoms with van der Waals surface area (Å²) in [6.07, 6.45) is 4.32. The molecule has 0 spiro atoms. The highest BCUT2D eigenvalue weighted by molar-refractivity contribution is 5.80. The Kier molecular flexibility index (Phi) is 4.82. The van der Waals surface area contributed by atoms with Crippen molar-refractivity contribution in [2.24, 2.45) is 4.99 Å². The number of hydrogen-bond acceptors (Lipinski definition) is 3. The Bertz CT molecular complexity index is 495. The molecule has 20 heavy (non-hydrogen) atoms. The Morgan fingerprint density at radius 3 is 2.80 bits per heavy atom. The number of ether oxygens (including phenoxy) is 1. The number of aryl methyl sites for hydroxylation is 1. The molecule has 0 unspecified atom stereocenters. The van der Waals surface area contributed by atoms with E-state index in [9.17, 15) is 0 Å². The van der Waals surface area contributed by atoms with Gasteiger partial charge in [0.2, 0.25) is 0 Å². The van der Waals surface area contributed by atoms with E-state index in [-0.39, 0.29) is 0 Å². The maximum atomic E-state index is 5.43. The molecule has 0 aliphatic heterocycles. The minimum Gasteiger partial charge on any atom is -0.496 e. The smallest absolute Gasteiger partial charge is 0.191 e. The number of pyridine rings is 1. The van der Waals surface area contributed by atoms with E-state index in [4.69, 9.17) is 4.74 Å². The molecule has 0 aromatic carbocycles. The van der Waals surface area contributed by atoms with Gasteiger partial charge >= 0.3 is 0 Å². The molecule has 0 bridgehead atoms. The molecule has 0 radical (unpaired) electrons. The minimum absolute atomic E-state index is 0.560. The van der Waals surface area contributed by atoms with Gasteiger partial charge in [-0.15, -0.1) is 0 Å². The molecule has 1 aromatic rings. The Balaban J connectivity index is 2.11. The van der Waals surface area contributed by atoms with Gasteiger partial charge in [0, 0.05) is 29.9 Å². The maximum absolute atomic E-state index is 5.43. The standard InChI is InChI=1S/C15H24N4O/c1-5-16-15(19-12-6-7-12)18-9-13-11(3)14(20-4)10(2)8-17-13/h8,12H,5-7,9H2,1-4H3,(H2,16,18,19). The highest BCUT2D eigenvalue weighted by Gasteiger charge is 2.22. The predicted molar refractivity (Wildman–Crippen MR) is 81.2 cm³/mol. The molecule has 1 aliphatic rings. The lowest BCUT2D eigenvalue weighted by atomic mass is 10.1. The molecule has 1 aliphatic carbocycles. The average molecular weight is 276 g/mol. The van der Waals surface area contributed by atoms with Gasteiger partial charge in [-0.2, -0.15) is 0 Å². The van der Waals surface area contributed by atoms with Crippen molar-refractivity contribution in [2.75, 3.05) is 13.7 Å². The molecular weight excluding hydrogens is 252 g/mol. The second kappa shape index (κ2) is 6.59. The number of nitrogens with zero attached hydrogens (tertiary/aromatic N) is 2. The van der Waals surface area contributed by atoms with E-state index in [1.807, 2.05) is 20.0 Å². The fraction of sp³-hybridized carbons (Fsp3) is 0.600. The van der Waals surface area contributed by atoms with Crippen molar-refractivity contribution in [3.8, 4) is 5.75 Å². The van der Waals surface area contributed by atoms with E-state index in [1.165, 1.54) is 12.8 Å². The van der Waals surface area contributed by atoms with E-state index in [2.05, 4.69) is 27.5 Å². The first kappa shape index (κ1) is 14.6. The summed E-state index contributed by atoms with van der Waals surface area (Å²) >= 11 is 0. The molecule has 5 nitrogen and oxygen atoms in total. The number of aromatic nitrogens is 1. The zero-order valence-corrected chi connectivity index (χ0v) is 12.8. The van der Waals surface area contributed by atoms with Gasteiger partial charge in [-0.05, 0) is 33.6 Å². The highest BCUT2D eigenvalue weighted by atomic mass is 16.5. The van der Waals surface area contributed by atoms with Crippen molar-refractivity contribution in [2.45, 2.75) is 46.2 Å². The largest absolute Gasteiger partial charge is 0.496 e. The van der Waals surface area contributed by atoms with Crippen LogP contribution in [0.5, 0.6) is 5.75 Å². The number of methoxy groups -OCH3 is 1. The first-order chi connectivity index (χ1) is 9.65. The lowest BCUT2D eigenvalue weighted by Crippen LogP contribution is -2.38. The lowest BCUT2D eigenvalue weighted by Gasteiger charge is -2.13. The van der Waals surface area contributed by atoms with Crippen molar-refractivity contribution in [3.05, 3.63) is 23.0 Å². The molecule has 2 N–H and O–H groups in total. The second-order valence-electron chi connectivity index (χ2n) is 5.16. The third kappa shape index (κ3) is 3.62. The summed E-state index contributed by atoms with van der Waals surface area (Å²) in [6, 6.07) is 0.592. The first-order valence-electron chi connectivity index (χ1n) is 7.19. The van der Waals surface area contributed by atoms with Crippen LogP contribution in [0.3, 0.4) is 0 Å². The van der Waals surface area contributed by atoms with E-state index in [0.29, 0.717) is 12.6 Å². The third-order valence-electron chi connectivity index (χ3n) is 3.40. The van der Waals surface area contributed by atoms with Gasteiger partial charge in [-0.1, -0.05) is 0 Å². The predicted octanol–water partition coefficient (Wildman–Crippen LogP) is 1.92. The Labute approximate surface area is 120 Å². The fourth-order valence-electron chi connectivity index (χ4n) is 2.13. The molecule has 1 heterocycles. The summed E-state index contributed by atoms with van der Waals surface area (Å²) in [4.78, 5) is 9.08. The first-order valence-corrected chi connectivity index (χ1v) is 7.19. The quantitative estimate of drug-likeness (QED) is 0.637. The number of aliphatic imine (C=N–C) groups is 1. The van der Waals surface area contributed by atoms with E-state index in [1.54, 1.807) is 7.11 Å². The van der Waals surface area contributed by atoms with Gasteiger partial charge in [-0.3, -0.25) is 4.98 Å². The van der Waals surface area contributed by atoms with Crippen molar-refractivity contribution in [1.29, 1.82) is 0 Å². The monoisotopic (exact) mass is 276 g/mol. The van der Waals surface area contributed by atoms with Gasteiger partial charge < -0.3 is 15.4 Å². The van der Waals surface area contributed by atoms with Crippen molar-refractivity contribution >= 4 is 5.96 Å². The number of nitrogens with one attached hydrogen (secondary N) is 2. The zero-order valence-electron chi connectivity index (χ0n) is 12.8. The van der Waals surface area contributed by atoms with Crippen LogP contribution in [0.4, 0.5) is 0 Å². The maximum Gasteiger partial charge on any atom is 0.191 e. The molecule has 1 aromatic heterocycles. The van der Waals surface area contributed by atoms with Gasteiger partial charge in [-0.25, -0.2) is 4.99 Å². The molecule has 5 heteroatoms. The third-order valence-corrected chi connectivity index (χ3v) is 3.40. The van der Waals surface area contributed by atoms with Gasteiger partial charge in [0.05, 0.1) is 19.3 Å². The Morgan fingerprint density at radius 2 is 2.20 bits per heavy atom. The number of guanidine groups is 1. The van der Waals surface area contributed by atoms with E-state index >= 15 is 0 Å². The fourth-order valence-corrected chi connectivity index (χ4v) is 2.13. The van der Waals surface area contributed by atoms with Crippen LogP contribution in [0.25, 0.3) is 0 Å². The van der Waals surface area contributed by atoms with Crippen LogP contribution in [0.2, 0.25) is 0 Å². The van der Waals surface area contributed by atoms with E-state index in [0.717, 1.165) is 35.1 Å². The number of hydrogen-bond donors (Lipinski definition) is 2. The van der Waals surface area contributed by atoms with Gasteiger partial charge in [0.1, 0.15) is 5.75 Å². The SMILES string of the molecule is CCNC(=NCc1ncc(C)c(OC)c1C)NC1CC1. The van der Waals surface area contributed by atoms with Crippen molar-refractivity contribution in [1.82, 2.24) is 15.6 Å². The average Bonchev–Trinajstić information content (AvgIpc) is 3.22. The van der Waals surface area contributed by atoms with Crippen LogP contribution < -0.4 is 15.4 Å².